The fraction of sp³-hybridized carbons (Fsp3) is 0.0556. The maximum absolute atomic E-state index is 12.3. The summed E-state index contributed by atoms with van der Waals surface area (Å²) in [6, 6.07) is 12.3. The molecule has 0 radical (unpaired) electrons. The van der Waals surface area contributed by atoms with E-state index >= 15 is 0 Å². The SMILES string of the molecule is O=C(CSc1nnc(-c2ccco2)n1-n1cccc1)Nc1ccc(Cl)c(Cl)c1. The maximum Gasteiger partial charge on any atom is 0.234 e. The van der Waals surface area contributed by atoms with Crippen molar-refractivity contribution in [2.75, 3.05) is 11.1 Å². The van der Waals surface area contributed by atoms with Gasteiger partial charge in [-0.15, -0.1) is 10.2 Å². The number of nitrogens with one attached hydrogen (secondary N) is 1. The van der Waals surface area contributed by atoms with Gasteiger partial charge in [-0.2, -0.15) is 0 Å². The Morgan fingerprint density at radius 1 is 1.11 bits per heavy atom. The topological polar surface area (TPSA) is 77.9 Å². The normalized spacial score (nSPS) is 10.9. The van der Waals surface area contributed by atoms with Gasteiger partial charge < -0.3 is 9.73 Å². The number of nitrogens with zero attached hydrogens (tertiary/aromatic N) is 4. The zero-order valence-corrected chi connectivity index (χ0v) is 16.6. The molecule has 142 valence electrons. The van der Waals surface area contributed by atoms with Gasteiger partial charge in [-0.25, -0.2) is 4.68 Å². The second-order valence-corrected chi connectivity index (χ2v) is 7.38. The summed E-state index contributed by atoms with van der Waals surface area (Å²) in [7, 11) is 0. The number of amides is 1. The van der Waals surface area contributed by atoms with E-state index < -0.39 is 0 Å². The molecule has 0 saturated carbocycles. The molecule has 0 aliphatic carbocycles. The highest BCUT2D eigenvalue weighted by Gasteiger charge is 2.18. The Balaban J connectivity index is 1.52. The number of halogens is 2. The molecule has 0 fully saturated rings. The Morgan fingerprint density at radius 3 is 2.64 bits per heavy atom. The number of hydrogen-bond acceptors (Lipinski definition) is 5. The molecule has 10 heteroatoms. The van der Waals surface area contributed by atoms with Gasteiger partial charge in [0.2, 0.25) is 16.9 Å². The van der Waals surface area contributed by atoms with E-state index in [0.29, 0.717) is 32.5 Å². The van der Waals surface area contributed by atoms with Crippen molar-refractivity contribution in [2.24, 2.45) is 0 Å². The van der Waals surface area contributed by atoms with Gasteiger partial charge in [0.1, 0.15) is 0 Å². The number of hydrogen-bond donors (Lipinski definition) is 1. The third-order valence-corrected chi connectivity index (χ3v) is 5.37. The van der Waals surface area contributed by atoms with Crippen LogP contribution in [-0.2, 0) is 4.79 Å². The Kier molecular flexibility index (Phi) is 5.43. The van der Waals surface area contributed by atoms with Gasteiger partial charge in [0, 0.05) is 18.1 Å². The number of carbonyl (C=O) groups excluding carboxylic acids is 1. The Morgan fingerprint density at radius 2 is 1.93 bits per heavy atom. The molecule has 0 bridgehead atoms. The van der Waals surface area contributed by atoms with Gasteiger partial charge >= 0.3 is 0 Å². The number of carbonyl (C=O) groups is 1. The standard InChI is InChI=1S/C18H13Cl2N5O2S/c19-13-6-5-12(10-14(13)20)21-16(26)11-28-18-23-22-17(15-4-3-9-27-15)25(18)24-7-1-2-8-24/h1-10H,11H2,(H,21,26). The van der Waals surface area contributed by atoms with E-state index in [1.165, 1.54) is 11.8 Å². The zero-order chi connectivity index (χ0) is 19.5. The Labute approximate surface area is 174 Å². The fourth-order valence-corrected chi connectivity index (χ4v) is 3.51. The lowest BCUT2D eigenvalue weighted by atomic mass is 10.3. The van der Waals surface area contributed by atoms with Crippen LogP contribution < -0.4 is 5.32 Å². The number of aromatic nitrogens is 4. The lowest BCUT2D eigenvalue weighted by Crippen LogP contribution is -2.15. The summed E-state index contributed by atoms with van der Waals surface area (Å²) < 4.78 is 9.04. The van der Waals surface area contributed by atoms with Crippen LogP contribution in [0.2, 0.25) is 10.0 Å². The number of furan rings is 1. The van der Waals surface area contributed by atoms with Gasteiger partial charge in [-0.05, 0) is 42.5 Å². The first-order chi connectivity index (χ1) is 13.6. The minimum atomic E-state index is -0.204. The molecule has 7 nitrogen and oxygen atoms in total. The Hall–Kier alpha value is -2.68. The summed E-state index contributed by atoms with van der Waals surface area (Å²) in [5.74, 6) is 1.05. The van der Waals surface area contributed by atoms with Crippen molar-refractivity contribution in [1.82, 2.24) is 19.5 Å². The van der Waals surface area contributed by atoms with Crippen LogP contribution in [-0.4, -0.2) is 31.2 Å². The van der Waals surface area contributed by atoms with Crippen LogP contribution >= 0.6 is 35.0 Å². The van der Waals surface area contributed by atoms with E-state index in [0.717, 1.165) is 0 Å². The minimum Gasteiger partial charge on any atom is -0.461 e. The molecule has 4 aromatic rings. The largest absolute Gasteiger partial charge is 0.461 e. The molecule has 0 aliphatic heterocycles. The third kappa shape index (κ3) is 3.94. The number of benzene rings is 1. The molecule has 3 aromatic heterocycles. The highest BCUT2D eigenvalue weighted by molar-refractivity contribution is 7.99. The van der Waals surface area contributed by atoms with Crippen LogP contribution in [0.25, 0.3) is 11.6 Å². The minimum absolute atomic E-state index is 0.137. The van der Waals surface area contributed by atoms with Crippen LogP contribution in [0.4, 0.5) is 5.69 Å². The van der Waals surface area contributed by atoms with E-state index in [-0.39, 0.29) is 11.7 Å². The van der Waals surface area contributed by atoms with E-state index in [4.69, 9.17) is 27.6 Å². The van der Waals surface area contributed by atoms with Gasteiger partial charge in [0.25, 0.3) is 0 Å². The highest BCUT2D eigenvalue weighted by Crippen LogP contribution is 2.26. The number of thioether (sulfide) groups is 1. The average molecular weight is 434 g/mol. The smallest absolute Gasteiger partial charge is 0.234 e. The Bertz CT molecular complexity index is 1090. The predicted octanol–water partition coefficient (Wildman–Crippen LogP) is 4.69. The van der Waals surface area contributed by atoms with Crippen LogP contribution in [0.15, 0.2) is 70.7 Å². The van der Waals surface area contributed by atoms with Crippen molar-refractivity contribution in [3.8, 4) is 11.6 Å². The lowest BCUT2D eigenvalue weighted by Gasteiger charge is -2.10. The highest BCUT2D eigenvalue weighted by atomic mass is 35.5. The molecule has 1 N–H and O–H groups in total. The molecule has 28 heavy (non-hydrogen) atoms. The van der Waals surface area contributed by atoms with Crippen molar-refractivity contribution in [1.29, 1.82) is 0 Å². The first-order valence-electron chi connectivity index (χ1n) is 8.12. The molecule has 4 rings (SSSR count). The van der Waals surface area contributed by atoms with Crippen LogP contribution in [0.3, 0.4) is 0 Å². The second kappa shape index (κ2) is 8.14. The molecule has 3 heterocycles. The molecular weight excluding hydrogens is 421 g/mol. The molecule has 0 spiro atoms. The first kappa shape index (κ1) is 18.7. The van der Waals surface area contributed by atoms with Crippen molar-refractivity contribution < 1.29 is 9.21 Å². The van der Waals surface area contributed by atoms with Gasteiger partial charge in [0.05, 0.1) is 22.1 Å². The molecule has 0 atom stereocenters. The predicted molar refractivity (Wildman–Crippen MR) is 109 cm³/mol. The molecule has 1 aromatic carbocycles. The van der Waals surface area contributed by atoms with E-state index in [1.807, 2.05) is 29.2 Å². The number of anilines is 1. The molecule has 1 amide bonds. The zero-order valence-electron chi connectivity index (χ0n) is 14.3. The van der Waals surface area contributed by atoms with Crippen molar-refractivity contribution in [3.63, 3.8) is 0 Å². The summed E-state index contributed by atoms with van der Waals surface area (Å²) in [5.41, 5.74) is 0.572. The van der Waals surface area contributed by atoms with Crippen molar-refractivity contribution >= 4 is 46.6 Å². The monoisotopic (exact) mass is 433 g/mol. The van der Waals surface area contributed by atoms with Crippen molar-refractivity contribution in [3.05, 3.63) is 71.2 Å². The van der Waals surface area contributed by atoms with E-state index in [1.54, 1.807) is 41.3 Å². The average Bonchev–Trinajstić information content (AvgIpc) is 3.43. The van der Waals surface area contributed by atoms with E-state index in [9.17, 15) is 4.79 Å². The van der Waals surface area contributed by atoms with Gasteiger partial charge in [-0.3, -0.25) is 9.47 Å². The lowest BCUT2D eigenvalue weighted by molar-refractivity contribution is -0.113. The van der Waals surface area contributed by atoms with Crippen LogP contribution in [0, 0.1) is 0 Å². The van der Waals surface area contributed by atoms with Crippen LogP contribution in [0.5, 0.6) is 0 Å². The van der Waals surface area contributed by atoms with Gasteiger partial charge in [0.15, 0.2) is 5.76 Å². The summed E-state index contributed by atoms with van der Waals surface area (Å²) in [6.45, 7) is 0. The van der Waals surface area contributed by atoms with E-state index in [2.05, 4.69) is 15.5 Å². The van der Waals surface area contributed by atoms with Crippen LogP contribution in [0.1, 0.15) is 0 Å². The fourth-order valence-electron chi connectivity index (χ4n) is 2.48. The quantitative estimate of drug-likeness (QED) is 0.446. The van der Waals surface area contributed by atoms with Gasteiger partial charge in [-0.1, -0.05) is 35.0 Å². The molecule has 0 unspecified atom stereocenters. The van der Waals surface area contributed by atoms with Crippen molar-refractivity contribution in [2.45, 2.75) is 5.16 Å². The first-order valence-corrected chi connectivity index (χ1v) is 9.86. The third-order valence-electron chi connectivity index (χ3n) is 3.71. The summed E-state index contributed by atoms with van der Waals surface area (Å²) in [6.07, 6.45) is 5.28. The molecular formula is C18H13Cl2N5O2S. The summed E-state index contributed by atoms with van der Waals surface area (Å²) in [5, 5.41) is 12.6. The second-order valence-electron chi connectivity index (χ2n) is 5.62. The molecule has 0 aliphatic rings. The molecule has 0 saturated heterocycles. The summed E-state index contributed by atoms with van der Waals surface area (Å²) in [4.78, 5) is 12.3. The summed E-state index contributed by atoms with van der Waals surface area (Å²) >= 11 is 13.1. The maximum atomic E-state index is 12.3. The number of rotatable bonds is 6.